The Kier molecular flexibility index (Phi) is 7.62. The molecule has 0 spiro atoms. The van der Waals surface area contributed by atoms with Gasteiger partial charge in [0.15, 0.2) is 0 Å². The predicted octanol–water partition coefficient (Wildman–Crippen LogP) is 0.217. The number of carbonyl (C=O) groups is 2. The van der Waals surface area contributed by atoms with Crippen molar-refractivity contribution in [2.75, 3.05) is 13.2 Å². The number of rotatable bonds is 7. The summed E-state index contributed by atoms with van der Waals surface area (Å²) in [7, 11) is 0. The number of hydrogen-bond acceptors (Lipinski definition) is 4. The van der Waals surface area contributed by atoms with Gasteiger partial charge in [0.05, 0.1) is 25.7 Å². The average molecular weight is 217 g/mol. The lowest BCUT2D eigenvalue weighted by atomic mass is 10.2. The van der Waals surface area contributed by atoms with E-state index in [-0.39, 0.29) is 37.4 Å². The van der Waals surface area contributed by atoms with Gasteiger partial charge in [-0.25, -0.2) is 0 Å². The van der Waals surface area contributed by atoms with E-state index in [0.717, 1.165) is 0 Å². The summed E-state index contributed by atoms with van der Waals surface area (Å²) in [5.41, 5.74) is 0. The Hall–Kier alpha value is -1.10. The van der Waals surface area contributed by atoms with Gasteiger partial charge in [0.2, 0.25) is 5.91 Å². The SMILES string of the molecule is CCOC(=O)CCC(=O)N[C@H](CC)CO. The smallest absolute Gasteiger partial charge is 0.306 e. The lowest BCUT2D eigenvalue weighted by Gasteiger charge is -2.13. The molecule has 5 heteroatoms. The van der Waals surface area contributed by atoms with Gasteiger partial charge in [-0.1, -0.05) is 6.92 Å². The molecule has 0 bridgehead atoms. The van der Waals surface area contributed by atoms with Crippen LogP contribution < -0.4 is 5.32 Å². The Labute approximate surface area is 89.8 Å². The van der Waals surface area contributed by atoms with Crippen LogP contribution in [0.2, 0.25) is 0 Å². The molecule has 0 unspecified atom stereocenters. The highest BCUT2D eigenvalue weighted by Crippen LogP contribution is 1.95. The molecule has 0 radical (unpaired) electrons. The molecular weight excluding hydrogens is 198 g/mol. The van der Waals surface area contributed by atoms with Crippen LogP contribution >= 0.6 is 0 Å². The van der Waals surface area contributed by atoms with E-state index in [1.54, 1.807) is 6.92 Å². The normalized spacial score (nSPS) is 11.9. The van der Waals surface area contributed by atoms with Crippen LogP contribution in [0.5, 0.6) is 0 Å². The Morgan fingerprint density at radius 1 is 1.33 bits per heavy atom. The van der Waals surface area contributed by atoms with E-state index in [1.807, 2.05) is 6.92 Å². The third-order valence-corrected chi connectivity index (χ3v) is 1.94. The first kappa shape index (κ1) is 13.9. The maximum atomic E-state index is 11.2. The van der Waals surface area contributed by atoms with Gasteiger partial charge in [-0.05, 0) is 13.3 Å². The van der Waals surface area contributed by atoms with Crippen LogP contribution in [0.15, 0.2) is 0 Å². The van der Waals surface area contributed by atoms with Gasteiger partial charge < -0.3 is 15.2 Å². The molecule has 88 valence electrons. The third-order valence-electron chi connectivity index (χ3n) is 1.94. The van der Waals surface area contributed by atoms with Gasteiger partial charge in [-0.15, -0.1) is 0 Å². The van der Waals surface area contributed by atoms with Crippen molar-refractivity contribution in [1.29, 1.82) is 0 Å². The minimum atomic E-state index is -0.371. The van der Waals surface area contributed by atoms with Crippen molar-refractivity contribution in [2.45, 2.75) is 39.2 Å². The third kappa shape index (κ3) is 6.90. The molecule has 2 N–H and O–H groups in total. The molecule has 0 heterocycles. The average Bonchev–Trinajstić information content (AvgIpc) is 2.23. The lowest BCUT2D eigenvalue weighted by molar-refractivity contribution is -0.144. The summed E-state index contributed by atoms with van der Waals surface area (Å²) in [4.78, 5) is 22.2. The Bertz CT molecular complexity index is 202. The molecular formula is C10H19NO4. The molecule has 15 heavy (non-hydrogen) atoms. The van der Waals surface area contributed by atoms with E-state index in [2.05, 4.69) is 10.1 Å². The largest absolute Gasteiger partial charge is 0.466 e. The van der Waals surface area contributed by atoms with Gasteiger partial charge in [-0.2, -0.15) is 0 Å². The summed E-state index contributed by atoms with van der Waals surface area (Å²) in [6.45, 7) is 3.83. The summed E-state index contributed by atoms with van der Waals surface area (Å²) >= 11 is 0. The fraction of sp³-hybridized carbons (Fsp3) is 0.800. The van der Waals surface area contributed by atoms with Crippen molar-refractivity contribution in [3.05, 3.63) is 0 Å². The molecule has 0 rings (SSSR count). The molecule has 1 amide bonds. The molecule has 0 aromatic rings. The highest BCUT2D eigenvalue weighted by Gasteiger charge is 2.11. The molecule has 0 aromatic heterocycles. The number of ether oxygens (including phenoxy) is 1. The highest BCUT2D eigenvalue weighted by atomic mass is 16.5. The monoisotopic (exact) mass is 217 g/mol. The van der Waals surface area contributed by atoms with E-state index in [9.17, 15) is 9.59 Å². The topological polar surface area (TPSA) is 75.6 Å². The van der Waals surface area contributed by atoms with E-state index in [1.165, 1.54) is 0 Å². The maximum Gasteiger partial charge on any atom is 0.306 e. The first-order chi connectivity index (χ1) is 7.13. The number of hydrogen-bond donors (Lipinski definition) is 2. The van der Waals surface area contributed by atoms with Gasteiger partial charge in [-0.3, -0.25) is 9.59 Å². The fourth-order valence-corrected chi connectivity index (χ4v) is 1.03. The van der Waals surface area contributed by atoms with Crippen LogP contribution in [0, 0.1) is 0 Å². The van der Waals surface area contributed by atoms with Crippen molar-refractivity contribution >= 4 is 11.9 Å². The summed E-state index contributed by atoms with van der Waals surface area (Å²) < 4.78 is 4.68. The van der Waals surface area contributed by atoms with Crippen LogP contribution in [-0.2, 0) is 14.3 Å². The first-order valence-electron chi connectivity index (χ1n) is 5.19. The van der Waals surface area contributed by atoms with Crippen LogP contribution in [0.4, 0.5) is 0 Å². The molecule has 0 aliphatic heterocycles. The molecule has 5 nitrogen and oxygen atoms in total. The molecule has 0 aromatic carbocycles. The second-order valence-electron chi connectivity index (χ2n) is 3.16. The Morgan fingerprint density at radius 3 is 2.47 bits per heavy atom. The number of aliphatic hydroxyl groups is 1. The summed E-state index contributed by atoms with van der Waals surface area (Å²) in [5, 5.41) is 11.4. The molecule has 1 atom stereocenters. The zero-order valence-electron chi connectivity index (χ0n) is 9.28. The van der Waals surface area contributed by atoms with Crippen LogP contribution in [0.3, 0.4) is 0 Å². The number of aliphatic hydroxyl groups excluding tert-OH is 1. The molecule has 0 aliphatic carbocycles. The van der Waals surface area contributed by atoms with Crippen molar-refractivity contribution in [3.8, 4) is 0 Å². The van der Waals surface area contributed by atoms with Crippen LogP contribution in [0.25, 0.3) is 0 Å². The summed E-state index contributed by atoms with van der Waals surface area (Å²) in [6, 6.07) is -0.223. The zero-order valence-corrected chi connectivity index (χ0v) is 9.28. The van der Waals surface area contributed by atoms with Crippen LogP contribution in [0.1, 0.15) is 33.1 Å². The van der Waals surface area contributed by atoms with Crippen molar-refractivity contribution in [2.24, 2.45) is 0 Å². The van der Waals surface area contributed by atoms with E-state index < -0.39 is 0 Å². The van der Waals surface area contributed by atoms with E-state index >= 15 is 0 Å². The van der Waals surface area contributed by atoms with E-state index in [4.69, 9.17) is 5.11 Å². The van der Waals surface area contributed by atoms with Crippen molar-refractivity contribution in [3.63, 3.8) is 0 Å². The summed E-state index contributed by atoms with van der Waals surface area (Å²) in [6.07, 6.45) is 0.860. The minimum Gasteiger partial charge on any atom is -0.466 e. The molecule has 0 saturated heterocycles. The maximum absolute atomic E-state index is 11.2. The second kappa shape index (κ2) is 8.23. The summed E-state index contributed by atoms with van der Waals surface area (Å²) in [5.74, 6) is -0.603. The number of nitrogens with one attached hydrogen (secondary N) is 1. The van der Waals surface area contributed by atoms with Gasteiger partial charge in [0, 0.05) is 6.42 Å². The number of carbonyl (C=O) groups excluding carboxylic acids is 2. The zero-order chi connectivity index (χ0) is 11.7. The molecule has 0 aliphatic rings. The Morgan fingerprint density at radius 2 is 2.00 bits per heavy atom. The second-order valence-corrected chi connectivity index (χ2v) is 3.16. The van der Waals surface area contributed by atoms with Gasteiger partial charge in [0.25, 0.3) is 0 Å². The lowest BCUT2D eigenvalue weighted by Crippen LogP contribution is -2.37. The van der Waals surface area contributed by atoms with Gasteiger partial charge >= 0.3 is 5.97 Å². The molecule has 0 saturated carbocycles. The minimum absolute atomic E-state index is 0.0817. The molecule has 0 fully saturated rings. The number of amides is 1. The quantitative estimate of drug-likeness (QED) is 0.598. The van der Waals surface area contributed by atoms with Gasteiger partial charge in [0.1, 0.15) is 0 Å². The van der Waals surface area contributed by atoms with Crippen molar-refractivity contribution in [1.82, 2.24) is 5.32 Å². The fourth-order valence-electron chi connectivity index (χ4n) is 1.03. The first-order valence-corrected chi connectivity index (χ1v) is 5.19. The predicted molar refractivity (Wildman–Crippen MR) is 55.2 cm³/mol. The van der Waals surface area contributed by atoms with Crippen LogP contribution in [-0.4, -0.2) is 36.2 Å². The standard InChI is InChI=1S/C10H19NO4/c1-3-8(7-12)11-9(13)5-6-10(14)15-4-2/h8,12H,3-7H2,1-2H3,(H,11,13)/t8-/m1/s1. The Balaban J connectivity index is 3.69. The van der Waals surface area contributed by atoms with Crippen molar-refractivity contribution < 1.29 is 19.4 Å². The highest BCUT2D eigenvalue weighted by molar-refractivity contribution is 5.81. The van der Waals surface area contributed by atoms with E-state index in [0.29, 0.717) is 13.0 Å². The number of esters is 1.